The summed E-state index contributed by atoms with van der Waals surface area (Å²) in [5.74, 6) is 2.04. The van der Waals surface area contributed by atoms with Gasteiger partial charge in [0.15, 0.2) is 6.61 Å². The Morgan fingerprint density at radius 2 is 1.76 bits per heavy atom. The van der Waals surface area contributed by atoms with Gasteiger partial charge in [-0.15, -0.1) is 0 Å². The van der Waals surface area contributed by atoms with Crippen LogP contribution in [0.5, 0.6) is 0 Å². The van der Waals surface area contributed by atoms with Gasteiger partial charge in [-0.1, -0.05) is 22.9 Å². The van der Waals surface area contributed by atoms with Crippen molar-refractivity contribution < 1.29 is 14.3 Å². The molecule has 4 aliphatic carbocycles. The largest absolute Gasteiger partial charge is 0.456 e. The van der Waals surface area contributed by atoms with Crippen LogP contribution in [0.3, 0.4) is 0 Å². The molecular formula is C20H30BrNO3. The Kier molecular flexibility index (Phi) is 4.66. The second kappa shape index (κ2) is 6.54. The minimum Gasteiger partial charge on any atom is -0.456 e. The molecule has 1 heterocycles. The molecule has 0 aromatic heterocycles. The molecule has 0 N–H and O–H groups in total. The molecule has 0 spiro atoms. The van der Waals surface area contributed by atoms with Crippen molar-refractivity contribution in [3.05, 3.63) is 0 Å². The summed E-state index contributed by atoms with van der Waals surface area (Å²) in [7, 11) is 0. The molecule has 1 aliphatic heterocycles. The predicted molar refractivity (Wildman–Crippen MR) is 99.3 cm³/mol. The molecule has 0 aromatic carbocycles. The zero-order chi connectivity index (χ0) is 17.7. The van der Waals surface area contributed by atoms with Gasteiger partial charge in [0.2, 0.25) is 0 Å². The van der Waals surface area contributed by atoms with Crippen LogP contribution in [0.25, 0.3) is 0 Å². The highest BCUT2D eigenvalue weighted by Crippen LogP contribution is 2.65. The Morgan fingerprint density at radius 1 is 1.12 bits per heavy atom. The standard InChI is InChI=1S/C20H30BrNO3/c1-14-2-4-22(5-3-14)17(23)12-25-18(24)11-19-7-15-6-16(8-19)10-20(21,9-15)13-19/h14-16H,2-13H2,1H3/t15-,16-,19?,20?/m1/s1. The molecular weight excluding hydrogens is 382 g/mol. The number of nitrogens with zero attached hydrogens (tertiary/aromatic N) is 1. The van der Waals surface area contributed by atoms with E-state index >= 15 is 0 Å². The van der Waals surface area contributed by atoms with Crippen LogP contribution in [0.4, 0.5) is 0 Å². The zero-order valence-electron chi connectivity index (χ0n) is 15.3. The molecule has 0 radical (unpaired) electrons. The Morgan fingerprint density at radius 3 is 2.36 bits per heavy atom. The number of hydrogen-bond acceptors (Lipinski definition) is 3. The van der Waals surface area contributed by atoms with Crippen molar-refractivity contribution in [2.75, 3.05) is 19.7 Å². The molecule has 25 heavy (non-hydrogen) atoms. The SMILES string of the molecule is CC1CCN(C(=O)COC(=O)CC23C[C@H]4C[C@@H](CC(Br)(C4)C2)C3)CC1. The predicted octanol–water partition coefficient (Wildman–Crippen LogP) is 3.91. The Hall–Kier alpha value is -0.580. The fourth-order valence-corrected chi connectivity index (χ4v) is 7.90. The number of carbonyl (C=O) groups excluding carboxylic acids is 2. The summed E-state index contributed by atoms with van der Waals surface area (Å²) < 4.78 is 5.67. The van der Waals surface area contributed by atoms with Gasteiger partial charge in [0.25, 0.3) is 5.91 Å². The fraction of sp³-hybridized carbons (Fsp3) is 0.900. The number of piperidine rings is 1. The lowest BCUT2D eigenvalue weighted by Gasteiger charge is -2.60. The third-order valence-corrected chi connectivity index (χ3v) is 8.05. The first-order valence-electron chi connectivity index (χ1n) is 9.97. The summed E-state index contributed by atoms with van der Waals surface area (Å²) in [5, 5.41) is 0. The van der Waals surface area contributed by atoms with E-state index in [-0.39, 0.29) is 28.2 Å². The van der Waals surface area contributed by atoms with Gasteiger partial charge in [0, 0.05) is 17.4 Å². The van der Waals surface area contributed by atoms with Crippen LogP contribution in [-0.2, 0) is 14.3 Å². The van der Waals surface area contributed by atoms with Crippen LogP contribution < -0.4 is 0 Å². The number of rotatable bonds is 4. The maximum Gasteiger partial charge on any atom is 0.306 e. The van der Waals surface area contributed by atoms with Gasteiger partial charge >= 0.3 is 5.97 Å². The van der Waals surface area contributed by atoms with Gasteiger partial charge in [0.1, 0.15) is 0 Å². The van der Waals surface area contributed by atoms with Crippen LogP contribution >= 0.6 is 15.9 Å². The van der Waals surface area contributed by atoms with Crippen molar-refractivity contribution in [1.29, 1.82) is 0 Å². The molecule has 5 fully saturated rings. The Balaban J connectivity index is 1.29. The molecule has 1 saturated heterocycles. The van der Waals surface area contributed by atoms with Crippen LogP contribution in [0.1, 0.15) is 64.7 Å². The monoisotopic (exact) mass is 411 g/mol. The van der Waals surface area contributed by atoms with E-state index in [2.05, 4.69) is 22.9 Å². The number of halogens is 1. The molecule has 4 bridgehead atoms. The topological polar surface area (TPSA) is 46.6 Å². The summed E-state index contributed by atoms with van der Waals surface area (Å²) in [5.41, 5.74) is 0.119. The van der Waals surface area contributed by atoms with E-state index in [9.17, 15) is 9.59 Å². The van der Waals surface area contributed by atoms with Crippen molar-refractivity contribution in [2.24, 2.45) is 23.2 Å². The molecule has 2 atom stereocenters. The summed E-state index contributed by atoms with van der Waals surface area (Å²) in [6, 6.07) is 0. The van der Waals surface area contributed by atoms with Crippen molar-refractivity contribution >= 4 is 27.8 Å². The average molecular weight is 412 g/mol. The molecule has 0 aromatic rings. The smallest absolute Gasteiger partial charge is 0.306 e. The quantitative estimate of drug-likeness (QED) is 0.520. The van der Waals surface area contributed by atoms with E-state index in [0.29, 0.717) is 12.3 Å². The lowest BCUT2D eigenvalue weighted by molar-refractivity contribution is -0.157. The van der Waals surface area contributed by atoms with Gasteiger partial charge < -0.3 is 9.64 Å². The molecule has 0 unspecified atom stereocenters. The van der Waals surface area contributed by atoms with Gasteiger partial charge in [-0.3, -0.25) is 9.59 Å². The highest BCUT2D eigenvalue weighted by Gasteiger charge is 2.57. The first-order valence-corrected chi connectivity index (χ1v) is 10.8. The van der Waals surface area contributed by atoms with Crippen molar-refractivity contribution in [2.45, 2.75) is 69.0 Å². The van der Waals surface area contributed by atoms with Crippen molar-refractivity contribution in [1.82, 2.24) is 4.90 Å². The second-order valence-electron chi connectivity index (χ2n) is 9.51. The van der Waals surface area contributed by atoms with Crippen molar-refractivity contribution in [3.8, 4) is 0 Å². The van der Waals surface area contributed by atoms with Gasteiger partial charge in [-0.2, -0.15) is 0 Å². The number of carbonyl (C=O) groups is 2. The number of alkyl halides is 1. The van der Waals surface area contributed by atoms with Gasteiger partial charge in [-0.05, 0) is 74.5 Å². The van der Waals surface area contributed by atoms with E-state index in [4.69, 9.17) is 4.74 Å². The van der Waals surface area contributed by atoms with Crippen LogP contribution in [0.15, 0.2) is 0 Å². The minimum atomic E-state index is -0.170. The minimum absolute atomic E-state index is 0.0253. The Labute approximate surface area is 159 Å². The van der Waals surface area contributed by atoms with Crippen LogP contribution in [0, 0.1) is 23.2 Å². The molecule has 4 saturated carbocycles. The number of amides is 1. The molecule has 1 amide bonds. The molecule has 140 valence electrons. The summed E-state index contributed by atoms with van der Waals surface area (Å²) >= 11 is 3.99. The third-order valence-electron chi connectivity index (χ3n) is 7.12. The van der Waals surface area contributed by atoms with Crippen LogP contribution in [-0.4, -0.2) is 40.8 Å². The number of hydrogen-bond donors (Lipinski definition) is 0. The molecule has 5 rings (SSSR count). The Bertz CT molecular complexity index is 541. The van der Waals surface area contributed by atoms with E-state index in [1.807, 2.05) is 4.90 Å². The van der Waals surface area contributed by atoms with Crippen LogP contribution in [0.2, 0.25) is 0 Å². The lowest BCUT2D eigenvalue weighted by Crippen LogP contribution is -2.53. The fourth-order valence-electron chi connectivity index (χ4n) is 6.39. The maximum atomic E-state index is 12.5. The summed E-state index contributed by atoms with van der Waals surface area (Å²) in [6.45, 7) is 3.76. The lowest BCUT2D eigenvalue weighted by atomic mass is 9.49. The summed E-state index contributed by atoms with van der Waals surface area (Å²) in [4.78, 5) is 26.6. The normalized spacial score (nSPS) is 40.3. The second-order valence-corrected chi connectivity index (χ2v) is 11.2. The highest BCUT2D eigenvalue weighted by atomic mass is 79.9. The van der Waals surface area contributed by atoms with Gasteiger partial charge in [-0.25, -0.2) is 0 Å². The van der Waals surface area contributed by atoms with E-state index in [1.165, 1.54) is 32.1 Å². The van der Waals surface area contributed by atoms with Gasteiger partial charge in [0.05, 0.1) is 6.42 Å². The molecule has 4 nitrogen and oxygen atoms in total. The zero-order valence-corrected chi connectivity index (χ0v) is 16.9. The highest BCUT2D eigenvalue weighted by molar-refractivity contribution is 9.10. The summed E-state index contributed by atoms with van der Waals surface area (Å²) in [6.07, 6.45) is 9.93. The number of ether oxygens (including phenoxy) is 1. The first-order chi connectivity index (χ1) is 11.8. The van der Waals surface area contributed by atoms with E-state index < -0.39 is 0 Å². The average Bonchev–Trinajstić information content (AvgIpc) is 2.50. The van der Waals surface area contributed by atoms with E-state index in [0.717, 1.165) is 44.2 Å². The van der Waals surface area contributed by atoms with E-state index in [1.54, 1.807) is 0 Å². The first kappa shape index (κ1) is 17.8. The third kappa shape index (κ3) is 3.77. The maximum absolute atomic E-state index is 12.5. The number of esters is 1. The number of likely N-dealkylation sites (tertiary alicyclic amines) is 1. The molecule has 5 aliphatic rings. The van der Waals surface area contributed by atoms with Crippen molar-refractivity contribution in [3.63, 3.8) is 0 Å². The molecule has 5 heteroatoms.